The molecule has 2 unspecified atom stereocenters. The molecule has 1 aliphatic heterocycles. The van der Waals surface area contributed by atoms with Crippen LogP contribution in [0.5, 0.6) is 0 Å². The van der Waals surface area contributed by atoms with Crippen LogP contribution in [-0.2, 0) is 10.0 Å². The Morgan fingerprint density at radius 2 is 2.23 bits per heavy atom. The molecule has 8 nitrogen and oxygen atoms in total. The van der Waals surface area contributed by atoms with Crippen LogP contribution in [0.3, 0.4) is 0 Å². The van der Waals surface area contributed by atoms with E-state index in [1.165, 1.54) is 12.3 Å². The van der Waals surface area contributed by atoms with Crippen molar-refractivity contribution < 1.29 is 13.5 Å². The van der Waals surface area contributed by atoms with Crippen molar-refractivity contribution in [2.24, 2.45) is 10.5 Å². The number of pyridine rings is 1. The fourth-order valence-electron chi connectivity index (χ4n) is 2.51. The van der Waals surface area contributed by atoms with Crippen LogP contribution in [0.15, 0.2) is 34.5 Å². The standard InChI is InChI=1S/C13H19N5O3S/c1-13(2)7-6-10(19)12(16-17-14)18(9-13)22(20,21)11-5-3-4-8-15-11/h3-5,8,10,12,19H,6-7,9H2,1-2H3. The van der Waals surface area contributed by atoms with Gasteiger partial charge in [-0.05, 0) is 35.9 Å². The zero-order valence-corrected chi connectivity index (χ0v) is 13.3. The molecule has 1 N–H and O–H groups in total. The molecule has 0 amide bonds. The summed E-state index contributed by atoms with van der Waals surface area (Å²) < 4.78 is 26.7. The van der Waals surface area contributed by atoms with Gasteiger partial charge in [0.05, 0.1) is 6.10 Å². The Hall–Kier alpha value is -1.67. The molecule has 22 heavy (non-hydrogen) atoms. The average Bonchev–Trinajstić information content (AvgIpc) is 2.60. The largest absolute Gasteiger partial charge is 0.391 e. The number of hydrogen-bond acceptors (Lipinski definition) is 5. The number of rotatable bonds is 3. The van der Waals surface area contributed by atoms with Crippen molar-refractivity contribution >= 4 is 10.0 Å². The molecule has 0 aliphatic carbocycles. The summed E-state index contributed by atoms with van der Waals surface area (Å²) in [6, 6.07) is 4.57. The first-order valence-corrected chi connectivity index (χ1v) is 8.37. The van der Waals surface area contributed by atoms with Crippen molar-refractivity contribution in [3.8, 4) is 0 Å². The molecule has 1 saturated heterocycles. The summed E-state index contributed by atoms with van der Waals surface area (Å²) in [6.45, 7) is 3.98. The van der Waals surface area contributed by atoms with Gasteiger partial charge in [0.15, 0.2) is 5.03 Å². The Kier molecular flexibility index (Phi) is 4.72. The Labute approximate surface area is 129 Å². The molecule has 2 atom stereocenters. The van der Waals surface area contributed by atoms with Crippen LogP contribution >= 0.6 is 0 Å². The number of sulfonamides is 1. The maximum absolute atomic E-state index is 12.8. The molecule has 0 saturated carbocycles. The van der Waals surface area contributed by atoms with Crippen molar-refractivity contribution in [2.75, 3.05) is 6.54 Å². The Balaban J connectivity index is 2.52. The molecule has 1 aromatic heterocycles. The summed E-state index contributed by atoms with van der Waals surface area (Å²) in [5.74, 6) is 0. The second-order valence-corrected chi connectivity index (χ2v) is 7.94. The summed E-state index contributed by atoms with van der Waals surface area (Å²) in [5, 5.41) is 13.6. The SMILES string of the molecule is CC1(C)CCC(O)C(N=[N+]=[N-])N(S(=O)(=O)c2ccccn2)C1. The van der Waals surface area contributed by atoms with Gasteiger partial charge in [-0.1, -0.05) is 25.0 Å². The number of azide groups is 1. The minimum Gasteiger partial charge on any atom is -0.391 e. The number of hydrogen-bond donors (Lipinski definition) is 1. The molecular weight excluding hydrogens is 306 g/mol. The lowest BCUT2D eigenvalue weighted by molar-refractivity contribution is 0.0973. The number of aliphatic hydroxyl groups is 1. The van der Waals surface area contributed by atoms with E-state index in [1.807, 2.05) is 13.8 Å². The lowest BCUT2D eigenvalue weighted by Gasteiger charge is -2.31. The third kappa shape index (κ3) is 3.38. The predicted molar refractivity (Wildman–Crippen MR) is 80.1 cm³/mol. The topological polar surface area (TPSA) is 119 Å². The van der Waals surface area contributed by atoms with Crippen molar-refractivity contribution in [3.63, 3.8) is 0 Å². The van der Waals surface area contributed by atoms with Crippen LogP contribution in [0.25, 0.3) is 10.4 Å². The van der Waals surface area contributed by atoms with E-state index in [2.05, 4.69) is 15.0 Å². The van der Waals surface area contributed by atoms with Gasteiger partial charge in [0.25, 0.3) is 10.0 Å². The van der Waals surface area contributed by atoms with Crippen molar-refractivity contribution in [1.29, 1.82) is 0 Å². The number of nitrogens with zero attached hydrogens (tertiary/aromatic N) is 5. The first-order chi connectivity index (χ1) is 10.3. The zero-order chi connectivity index (χ0) is 16.4. The van der Waals surface area contributed by atoms with Gasteiger partial charge in [0, 0.05) is 17.7 Å². The van der Waals surface area contributed by atoms with Gasteiger partial charge in [-0.15, -0.1) is 0 Å². The lowest BCUT2D eigenvalue weighted by Crippen LogP contribution is -2.46. The number of aliphatic hydroxyl groups excluding tert-OH is 1. The van der Waals surface area contributed by atoms with Crippen LogP contribution in [0, 0.1) is 5.41 Å². The maximum Gasteiger partial charge on any atom is 0.261 e. The molecular formula is C13H19N5O3S. The average molecular weight is 325 g/mol. The van der Waals surface area contributed by atoms with Crippen LogP contribution in [-0.4, -0.2) is 41.6 Å². The fourth-order valence-corrected chi connectivity index (χ4v) is 4.18. The summed E-state index contributed by atoms with van der Waals surface area (Å²) in [7, 11) is -3.96. The van der Waals surface area contributed by atoms with Gasteiger partial charge < -0.3 is 5.11 Å². The molecule has 0 aromatic carbocycles. The summed E-state index contributed by atoms with van der Waals surface area (Å²) >= 11 is 0. The smallest absolute Gasteiger partial charge is 0.261 e. The molecule has 120 valence electrons. The second kappa shape index (κ2) is 6.21. The normalized spacial score (nSPS) is 26.0. The van der Waals surface area contributed by atoms with Gasteiger partial charge in [0.2, 0.25) is 0 Å². The molecule has 2 heterocycles. The van der Waals surface area contributed by atoms with Gasteiger partial charge in [-0.3, -0.25) is 0 Å². The summed E-state index contributed by atoms with van der Waals surface area (Å²) in [5.41, 5.74) is 8.38. The fraction of sp³-hybridized carbons (Fsp3) is 0.615. The molecule has 0 spiro atoms. The molecule has 9 heteroatoms. The summed E-state index contributed by atoms with van der Waals surface area (Å²) in [6.07, 6.45) is 0.162. The highest BCUT2D eigenvalue weighted by molar-refractivity contribution is 7.89. The quantitative estimate of drug-likeness (QED) is 0.518. The minimum absolute atomic E-state index is 0.127. The Morgan fingerprint density at radius 3 is 2.82 bits per heavy atom. The highest BCUT2D eigenvalue weighted by Gasteiger charge is 2.42. The Morgan fingerprint density at radius 1 is 1.50 bits per heavy atom. The molecule has 1 fully saturated rings. The van der Waals surface area contributed by atoms with Gasteiger partial charge in [-0.2, -0.15) is 4.31 Å². The second-order valence-electron chi connectivity index (χ2n) is 6.11. The van der Waals surface area contributed by atoms with E-state index in [9.17, 15) is 13.5 Å². The van der Waals surface area contributed by atoms with E-state index in [0.717, 1.165) is 4.31 Å². The van der Waals surface area contributed by atoms with E-state index in [0.29, 0.717) is 12.8 Å². The van der Waals surface area contributed by atoms with E-state index in [1.54, 1.807) is 12.1 Å². The molecule has 1 aromatic rings. The highest BCUT2D eigenvalue weighted by atomic mass is 32.2. The maximum atomic E-state index is 12.8. The molecule has 2 rings (SSSR count). The highest BCUT2D eigenvalue weighted by Crippen LogP contribution is 2.34. The zero-order valence-electron chi connectivity index (χ0n) is 12.5. The van der Waals surface area contributed by atoms with Crippen LogP contribution in [0.2, 0.25) is 0 Å². The van der Waals surface area contributed by atoms with Crippen molar-refractivity contribution in [1.82, 2.24) is 9.29 Å². The first-order valence-electron chi connectivity index (χ1n) is 6.93. The lowest BCUT2D eigenvalue weighted by atomic mass is 9.88. The molecule has 0 bridgehead atoms. The van der Waals surface area contributed by atoms with Crippen LogP contribution < -0.4 is 0 Å². The van der Waals surface area contributed by atoms with Crippen molar-refractivity contribution in [3.05, 3.63) is 34.8 Å². The van der Waals surface area contributed by atoms with E-state index in [-0.39, 0.29) is 17.0 Å². The number of aromatic nitrogens is 1. The molecule has 0 radical (unpaired) electrons. The molecule has 1 aliphatic rings. The first kappa shape index (κ1) is 16.7. The van der Waals surface area contributed by atoms with Crippen LogP contribution in [0.4, 0.5) is 0 Å². The van der Waals surface area contributed by atoms with Crippen molar-refractivity contribution in [2.45, 2.75) is 44.0 Å². The summed E-state index contributed by atoms with van der Waals surface area (Å²) in [4.78, 5) is 6.57. The third-order valence-corrected chi connectivity index (χ3v) is 5.45. The van der Waals surface area contributed by atoms with E-state index >= 15 is 0 Å². The van der Waals surface area contributed by atoms with E-state index in [4.69, 9.17) is 5.53 Å². The van der Waals surface area contributed by atoms with Gasteiger partial charge in [-0.25, -0.2) is 13.4 Å². The van der Waals surface area contributed by atoms with E-state index < -0.39 is 22.3 Å². The Bertz CT molecular complexity index is 670. The monoisotopic (exact) mass is 325 g/mol. The predicted octanol–water partition coefficient (Wildman–Crippen LogP) is 1.89. The third-order valence-electron chi connectivity index (χ3n) is 3.72. The van der Waals surface area contributed by atoms with Crippen LogP contribution in [0.1, 0.15) is 26.7 Å². The van der Waals surface area contributed by atoms with Gasteiger partial charge >= 0.3 is 0 Å². The van der Waals surface area contributed by atoms with Gasteiger partial charge in [0.1, 0.15) is 6.17 Å². The minimum atomic E-state index is -3.96.